The Morgan fingerprint density at radius 2 is 1.68 bits per heavy atom. The smallest absolute Gasteiger partial charge is 0.229 e. The third kappa shape index (κ3) is 5.10. The van der Waals surface area contributed by atoms with Gasteiger partial charge in [0.15, 0.2) is 9.84 Å². The van der Waals surface area contributed by atoms with Crippen molar-refractivity contribution in [2.75, 3.05) is 28.8 Å². The van der Waals surface area contributed by atoms with Gasteiger partial charge in [0.05, 0.1) is 15.9 Å². The molecule has 0 radical (unpaired) electrons. The zero-order valence-corrected chi connectivity index (χ0v) is 21.8. The van der Waals surface area contributed by atoms with Crippen LogP contribution in [0.2, 0.25) is 0 Å². The van der Waals surface area contributed by atoms with Crippen molar-refractivity contribution < 1.29 is 8.42 Å². The van der Waals surface area contributed by atoms with Crippen LogP contribution in [0.1, 0.15) is 5.56 Å². The van der Waals surface area contributed by atoms with Crippen LogP contribution >= 0.6 is 0 Å². The van der Waals surface area contributed by atoms with Crippen LogP contribution in [0.5, 0.6) is 0 Å². The van der Waals surface area contributed by atoms with E-state index in [1.807, 2.05) is 78.2 Å². The van der Waals surface area contributed by atoms with Crippen molar-refractivity contribution in [3.63, 3.8) is 0 Å². The lowest BCUT2D eigenvalue weighted by atomic mass is 10.2. The number of benzene rings is 3. The van der Waals surface area contributed by atoms with Crippen LogP contribution in [0.3, 0.4) is 0 Å². The summed E-state index contributed by atoms with van der Waals surface area (Å²) in [6.45, 7) is 1.77. The predicted molar refractivity (Wildman–Crippen MR) is 148 cm³/mol. The Bertz CT molecular complexity index is 1700. The Morgan fingerprint density at radius 3 is 2.43 bits per heavy atom. The molecular weight excluding hydrogens is 486 g/mol. The standard InChI is InChI=1S/C27H27N7O2S/c1-18-10-11-20(16-24(18)37(4,35)36)29-26-28-15-14-25(32-26)33(2)21-12-13-23-22(17-21)31-27(34(23)3)30-19-8-6-5-7-9-19/h5-17H,1-4H3,(H,30,31)(H,28,29,32). The molecule has 10 heteroatoms. The first-order valence-corrected chi connectivity index (χ1v) is 13.5. The van der Waals surface area contributed by atoms with E-state index in [2.05, 4.69) is 20.6 Å². The second-order valence-electron chi connectivity index (χ2n) is 8.83. The van der Waals surface area contributed by atoms with Crippen LogP contribution in [-0.4, -0.2) is 41.2 Å². The summed E-state index contributed by atoms with van der Waals surface area (Å²) >= 11 is 0. The number of fused-ring (bicyclic) bond motifs is 1. The fraction of sp³-hybridized carbons (Fsp3) is 0.148. The van der Waals surface area contributed by atoms with E-state index < -0.39 is 9.84 Å². The van der Waals surface area contributed by atoms with E-state index >= 15 is 0 Å². The number of hydrogen-bond donors (Lipinski definition) is 2. The van der Waals surface area contributed by atoms with Gasteiger partial charge < -0.3 is 20.1 Å². The maximum atomic E-state index is 12.1. The summed E-state index contributed by atoms with van der Waals surface area (Å²) in [5.41, 5.74) is 5.02. The van der Waals surface area contributed by atoms with Gasteiger partial charge in [-0.25, -0.2) is 18.4 Å². The largest absolute Gasteiger partial charge is 0.329 e. The molecule has 0 atom stereocenters. The number of hydrogen-bond acceptors (Lipinski definition) is 8. The quantitative estimate of drug-likeness (QED) is 0.301. The van der Waals surface area contributed by atoms with Gasteiger partial charge in [-0.3, -0.25) is 0 Å². The number of para-hydroxylation sites is 1. The Hall–Kier alpha value is -4.44. The van der Waals surface area contributed by atoms with Gasteiger partial charge in [-0.05, 0) is 61.0 Å². The fourth-order valence-electron chi connectivity index (χ4n) is 4.09. The van der Waals surface area contributed by atoms with Gasteiger partial charge in [-0.15, -0.1) is 0 Å². The van der Waals surface area contributed by atoms with Gasteiger partial charge in [0.2, 0.25) is 11.9 Å². The fourth-order valence-corrected chi connectivity index (χ4v) is 5.09. The first-order chi connectivity index (χ1) is 17.7. The third-order valence-corrected chi connectivity index (χ3v) is 7.35. The topological polar surface area (TPSA) is 105 Å². The lowest BCUT2D eigenvalue weighted by Gasteiger charge is -2.19. The molecule has 0 amide bonds. The van der Waals surface area contributed by atoms with Crippen molar-refractivity contribution >= 4 is 55.6 Å². The Kier molecular flexibility index (Phi) is 6.26. The zero-order valence-electron chi connectivity index (χ0n) is 21.0. The van der Waals surface area contributed by atoms with Gasteiger partial charge in [0.1, 0.15) is 5.82 Å². The second kappa shape index (κ2) is 9.55. The SMILES string of the molecule is Cc1ccc(Nc2nccc(N(C)c3ccc4c(c3)nc(Nc3ccccc3)n4C)n2)cc1S(C)(=O)=O. The number of anilines is 6. The van der Waals surface area contributed by atoms with Gasteiger partial charge >= 0.3 is 0 Å². The Balaban J connectivity index is 1.40. The summed E-state index contributed by atoms with van der Waals surface area (Å²) in [5, 5.41) is 6.48. The minimum atomic E-state index is -3.34. The van der Waals surface area contributed by atoms with Crippen molar-refractivity contribution in [2.24, 2.45) is 7.05 Å². The average molecular weight is 514 g/mol. The molecule has 2 heterocycles. The molecule has 0 aliphatic rings. The summed E-state index contributed by atoms with van der Waals surface area (Å²) in [5.74, 6) is 1.79. The number of nitrogens with one attached hydrogen (secondary N) is 2. The van der Waals surface area contributed by atoms with E-state index in [-0.39, 0.29) is 4.90 Å². The second-order valence-corrected chi connectivity index (χ2v) is 10.8. The van der Waals surface area contributed by atoms with Crippen LogP contribution in [0.25, 0.3) is 11.0 Å². The number of sulfone groups is 1. The molecule has 0 saturated heterocycles. The van der Waals surface area contributed by atoms with Crippen LogP contribution in [0.15, 0.2) is 83.9 Å². The van der Waals surface area contributed by atoms with Gasteiger partial charge in [-0.1, -0.05) is 24.3 Å². The van der Waals surface area contributed by atoms with Gasteiger partial charge in [0.25, 0.3) is 0 Å². The molecule has 5 rings (SSSR count). The molecule has 2 aromatic heterocycles. The molecule has 0 aliphatic carbocycles. The zero-order chi connectivity index (χ0) is 26.2. The number of aryl methyl sites for hydroxylation is 2. The summed E-state index contributed by atoms with van der Waals surface area (Å²) in [6, 6.07) is 23.0. The molecular formula is C27H27N7O2S. The van der Waals surface area contributed by atoms with Crippen molar-refractivity contribution in [3.05, 3.63) is 84.6 Å². The highest BCUT2D eigenvalue weighted by molar-refractivity contribution is 7.90. The molecule has 2 N–H and O–H groups in total. The molecule has 0 unspecified atom stereocenters. The molecule has 0 saturated carbocycles. The Labute approximate surface area is 215 Å². The molecule has 0 spiro atoms. The number of imidazole rings is 1. The van der Waals surface area contributed by atoms with Crippen molar-refractivity contribution in [1.29, 1.82) is 0 Å². The highest BCUT2D eigenvalue weighted by Crippen LogP contribution is 2.29. The highest BCUT2D eigenvalue weighted by atomic mass is 32.2. The molecule has 0 fully saturated rings. The van der Waals surface area contributed by atoms with Crippen LogP contribution in [-0.2, 0) is 16.9 Å². The van der Waals surface area contributed by atoms with Crippen molar-refractivity contribution in [3.8, 4) is 0 Å². The summed E-state index contributed by atoms with van der Waals surface area (Å²) in [7, 11) is 0.558. The highest BCUT2D eigenvalue weighted by Gasteiger charge is 2.14. The first-order valence-electron chi connectivity index (χ1n) is 11.6. The minimum Gasteiger partial charge on any atom is -0.329 e. The molecule has 0 aliphatic heterocycles. The molecule has 0 bridgehead atoms. The minimum absolute atomic E-state index is 0.274. The normalized spacial score (nSPS) is 11.5. The van der Waals surface area contributed by atoms with Crippen molar-refractivity contribution in [2.45, 2.75) is 11.8 Å². The number of aromatic nitrogens is 4. The Morgan fingerprint density at radius 1 is 0.892 bits per heavy atom. The molecule has 3 aromatic carbocycles. The molecule has 37 heavy (non-hydrogen) atoms. The summed E-state index contributed by atoms with van der Waals surface area (Å²) in [4.78, 5) is 15.9. The third-order valence-electron chi connectivity index (χ3n) is 6.11. The van der Waals surface area contributed by atoms with Crippen LogP contribution < -0.4 is 15.5 Å². The maximum absolute atomic E-state index is 12.1. The predicted octanol–water partition coefficient (Wildman–Crippen LogP) is 5.33. The van der Waals surface area contributed by atoms with Gasteiger partial charge in [0, 0.05) is 43.6 Å². The van der Waals surface area contributed by atoms with E-state index in [1.54, 1.807) is 31.3 Å². The van der Waals surface area contributed by atoms with Crippen LogP contribution in [0, 0.1) is 6.92 Å². The van der Waals surface area contributed by atoms with E-state index in [4.69, 9.17) is 4.98 Å². The molecule has 9 nitrogen and oxygen atoms in total. The summed E-state index contributed by atoms with van der Waals surface area (Å²) in [6.07, 6.45) is 2.86. The average Bonchev–Trinajstić information content (AvgIpc) is 3.19. The lowest BCUT2D eigenvalue weighted by molar-refractivity contribution is 0.601. The van der Waals surface area contributed by atoms with Crippen molar-refractivity contribution in [1.82, 2.24) is 19.5 Å². The van der Waals surface area contributed by atoms with Crippen LogP contribution in [0.4, 0.5) is 34.8 Å². The maximum Gasteiger partial charge on any atom is 0.229 e. The number of nitrogens with zero attached hydrogens (tertiary/aromatic N) is 5. The van der Waals surface area contributed by atoms with E-state index in [9.17, 15) is 8.42 Å². The monoisotopic (exact) mass is 513 g/mol. The van der Waals surface area contributed by atoms with E-state index in [0.717, 1.165) is 28.4 Å². The molecule has 188 valence electrons. The summed E-state index contributed by atoms with van der Waals surface area (Å²) < 4.78 is 26.2. The lowest BCUT2D eigenvalue weighted by Crippen LogP contribution is -2.12. The van der Waals surface area contributed by atoms with E-state index in [1.165, 1.54) is 6.26 Å². The first kappa shape index (κ1) is 24.3. The number of rotatable bonds is 7. The molecule has 5 aromatic rings. The van der Waals surface area contributed by atoms with E-state index in [0.29, 0.717) is 23.0 Å². The van der Waals surface area contributed by atoms with Gasteiger partial charge in [-0.2, -0.15) is 4.98 Å².